The molecule has 6 unspecified atom stereocenters. The van der Waals surface area contributed by atoms with Crippen LogP contribution in [0.1, 0.15) is 16.8 Å². The summed E-state index contributed by atoms with van der Waals surface area (Å²) in [5.41, 5.74) is 0.750. The number of hydrogen-bond donors (Lipinski definition) is 0. The van der Waals surface area contributed by atoms with Crippen molar-refractivity contribution >= 4 is 46.6 Å². The molecule has 2 bridgehead atoms. The van der Waals surface area contributed by atoms with E-state index in [2.05, 4.69) is 12.2 Å². The summed E-state index contributed by atoms with van der Waals surface area (Å²) in [6.45, 7) is -0.196. The molecule has 2 saturated carbocycles. The van der Waals surface area contributed by atoms with Gasteiger partial charge in [-0.3, -0.25) is 24.2 Å². The zero-order valence-electron chi connectivity index (χ0n) is 18.4. The molecule has 0 N–H and O–H groups in total. The van der Waals surface area contributed by atoms with E-state index >= 15 is 0 Å². The maximum absolute atomic E-state index is 13.7. The number of methoxy groups -OCH3 is 1. The van der Waals surface area contributed by atoms with Crippen molar-refractivity contribution in [2.24, 2.45) is 35.5 Å². The smallest absolute Gasteiger partial charge is 0.259 e. The van der Waals surface area contributed by atoms with Crippen LogP contribution >= 0.6 is 23.2 Å². The molecule has 7 rings (SSSR count). The van der Waals surface area contributed by atoms with E-state index in [1.165, 1.54) is 23.0 Å². The van der Waals surface area contributed by atoms with Crippen LogP contribution in [0.15, 0.2) is 54.6 Å². The number of likely N-dealkylation sites (tertiary alicyclic amines) is 1. The van der Waals surface area contributed by atoms with Gasteiger partial charge < -0.3 is 4.74 Å². The summed E-state index contributed by atoms with van der Waals surface area (Å²) in [5, 5.41) is 0.575. The molecule has 3 fully saturated rings. The number of halogens is 2. The van der Waals surface area contributed by atoms with Crippen LogP contribution in [0.3, 0.4) is 0 Å². The minimum Gasteiger partial charge on any atom is -0.495 e. The third-order valence-corrected chi connectivity index (χ3v) is 8.56. The van der Waals surface area contributed by atoms with Gasteiger partial charge in [-0.15, -0.1) is 0 Å². The molecule has 174 valence electrons. The first-order valence-electron chi connectivity index (χ1n) is 11.3. The third-order valence-electron chi connectivity index (χ3n) is 7.82. The third kappa shape index (κ3) is 3.12. The monoisotopic (exact) mass is 496 g/mol. The number of benzene rings is 2. The molecule has 2 aromatic rings. The second-order valence-corrected chi connectivity index (χ2v) is 10.2. The van der Waals surface area contributed by atoms with Gasteiger partial charge in [-0.05, 0) is 60.4 Å². The first-order chi connectivity index (χ1) is 16.4. The highest BCUT2D eigenvalue weighted by atomic mass is 35.5. The molecule has 1 aliphatic heterocycles. The SMILES string of the molecule is COc1ccccc1N(CN1C(=O)C2C3C=CC(C4CC34)C2C1=O)C(=O)c1ccc(Cl)c(Cl)c1. The Morgan fingerprint density at radius 1 is 1.00 bits per heavy atom. The molecule has 34 heavy (non-hydrogen) atoms. The molecule has 3 amide bonds. The van der Waals surface area contributed by atoms with Crippen molar-refractivity contribution in [1.29, 1.82) is 0 Å². The Kier molecular flexibility index (Phi) is 5.01. The molecule has 6 atom stereocenters. The van der Waals surface area contributed by atoms with Crippen LogP contribution < -0.4 is 9.64 Å². The van der Waals surface area contributed by atoms with E-state index in [-0.39, 0.29) is 47.2 Å². The number of imide groups is 1. The summed E-state index contributed by atoms with van der Waals surface area (Å²) < 4.78 is 5.49. The largest absolute Gasteiger partial charge is 0.495 e. The fraction of sp³-hybridized carbons (Fsp3) is 0.346. The summed E-state index contributed by atoms with van der Waals surface area (Å²) >= 11 is 12.2. The normalized spacial score (nSPS) is 30.3. The summed E-state index contributed by atoms with van der Waals surface area (Å²) in [4.78, 5) is 43.5. The lowest BCUT2D eigenvalue weighted by atomic mass is 9.63. The van der Waals surface area contributed by atoms with Crippen LogP contribution in [0.5, 0.6) is 5.75 Å². The molecular formula is C26H22Cl2N2O4. The van der Waals surface area contributed by atoms with E-state index in [4.69, 9.17) is 27.9 Å². The number of carbonyl (C=O) groups is 3. The molecular weight excluding hydrogens is 475 g/mol. The predicted molar refractivity (Wildman–Crippen MR) is 128 cm³/mol. The zero-order valence-corrected chi connectivity index (χ0v) is 19.9. The number of anilines is 1. The summed E-state index contributed by atoms with van der Waals surface area (Å²) in [6, 6.07) is 11.6. The van der Waals surface area contributed by atoms with Crippen molar-refractivity contribution in [3.8, 4) is 5.75 Å². The Labute approximate surface area is 207 Å². The number of hydrogen-bond acceptors (Lipinski definition) is 4. The van der Waals surface area contributed by atoms with Gasteiger partial charge in [-0.1, -0.05) is 47.5 Å². The van der Waals surface area contributed by atoms with Gasteiger partial charge in [0.15, 0.2) is 0 Å². The number of para-hydroxylation sites is 2. The first kappa shape index (κ1) is 21.7. The number of rotatable bonds is 5. The molecule has 5 aliphatic rings. The van der Waals surface area contributed by atoms with Crippen molar-refractivity contribution < 1.29 is 19.1 Å². The van der Waals surface area contributed by atoms with Gasteiger partial charge >= 0.3 is 0 Å². The van der Waals surface area contributed by atoms with Crippen LogP contribution in [0.25, 0.3) is 0 Å². The fourth-order valence-corrected chi connectivity index (χ4v) is 6.49. The Bertz CT molecular complexity index is 1230. The van der Waals surface area contributed by atoms with Crippen molar-refractivity contribution in [2.45, 2.75) is 6.42 Å². The minimum atomic E-state index is -0.414. The maximum atomic E-state index is 13.7. The van der Waals surface area contributed by atoms with Crippen molar-refractivity contribution in [2.75, 3.05) is 18.7 Å². The lowest BCUT2D eigenvalue weighted by Crippen LogP contribution is -2.45. The van der Waals surface area contributed by atoms with Gasteiger partial charge in [-0.25, -0.2) is 0 Å². The van der Waals surface area contributed by atoms with Gasteiger partial charge in [0.25, 0.3) is 5.91 Å². The molecule has 1 heterocycles. The molecule has 0 spiro atoms. The number of amides is 3. The second-order valence-electron chi connectivity index (χ2n) is 9.43. The number of carbonyl (C=O) groups excluding carboxylic acids is 3. The van der Waals surface area contributed by atoms with Gasteiger partial charge in [0.1, 0.15) is 12.4 Å². The highest BCUT2D eigenvalue weighted by molar-refractivity contribution is 6.42. The average Bonchev–Trinajstić information content (AvgIpc) is 3.64. The van der Waals surface area contributed by atoms with E-state index in [0.29, 0.717) is 33.9 Å². The molecule has 0 aromatic heterocycles. The topological polar surface area (TPSA) is 66.9 Å². The highest BCUT2D eigenvalue weighted by Crippen LogP contribution is 2.65. The van der Waals surface area contributed by atoms with Crippen LogP contribution in [-0.2, 0) is 9.59 Å². The lowest BCUT2D eigenvalue weighted by molar-refractivity contribution is -0.140. The van der Waals surface area contributed by atoms with Crippen molar-refractivity contribution in [3.63, 3.8) is 0 Å². The van der Waals surface area contributed by atoms with Gasteiger partial charge in [0.05, 0.1) is 34.7 Å². The number of ether oxygens (including phenoxy) is 1. The summed E-state index contributed by atoms with van der Waals surface area (Å²) in [6.07, 6.45) is 5.36. The van der Waals surface area contributed by atoms with E-state index in [9.17, 15) is 14.4 Å². The van der Waals surface area contributed by atoms with Crippen molar-refractivity contribution in [1.82, 2.24) is 4.90 Å². The Hall–Kier alpha value is -2.83. The van der Waals surface area contributed by atoms with E-state index < -0.39 is 5.91 Å². The Morgan fingerprint density at radius 2 is 1.65 bits per heavy atom. The Balaban J connectivity index is 1.37. The summed E-state index contributed by atoms with van der Waals surface area (Å²) in [5.74, 6) is 0.253. The zero-order chi connectivity index (χ0) is 23.7. The number of nitrogens with zero attached hydrogens (tertiary/aromatic N) is 2. The van der Waals surface area contributed by atoms with Crippen LogP contribution in [-0.4, -0.2) is 36.4 Å². The molecule has 1 saturated heterocycles. The minimum absolute atomic E-state index is 0.118. The summed E-state index contributed by atoms with van der Waals surface area (Å²) in [7, 11) is 1.51. The average molecular weight is 497 g/mol. The van der Waals surface area contributed by atoms with Crippen LogP contribution in [0.2, 0.25) is 10.0 Å². The molecule has 2 aromatic carbocycles. The quantitative estimate of drug-likeness (QED) is 0.445. The van der Waals surface area contributed by atoms with Crippen LogP contribution in [0.4, 0.5) is 5.69 Å². The first-order valence-corrected chi connectivity index (χ1v) is 12.1. The van der Waals surface area contributed by atoms with Crippen LogP contribution in [0, 0.1) is 35.5 Å². The lowest BCUT2D eigenvalue weighted by Gasteiger charge is -2.37. The number of allylic oxidation sites excluding steroid dienone is 2. The molecule has 0 radical (unpaired) electrons. The Morgan fingerprint density at radius 3 is 2.26 bits per heavy atom. The fourth-order valence-electron chi connectivity index (χ4n) is 6.19. The van der Waals surface area contributed by atoms with Gasteiger partial charge in [0, 0.05) is 5.56 Å². The second kappa shape index (κ2) is 7.85. The standard InChI is InChI=1S/C26H22Cl2N2O4/c1-34-21-5-3-2-4-20(21)29(24(31)13-6-9-18(27)19(28)10-13)12-30-25(32)22-14-7-8-15(17-11-16(14)17)23(22)26(30)33/h2-10,14-17,22-23H,11-12H2,1H3. The highest BCUT2D eigenvalue weighted by Gasteiger charge is 2.67. The van der Waals surface area contributed by atoms with E-state index in [1.807, 2.05) is 0 Å². The van der Waals surface area contributed by atoms with Crippen molar-refractivity contribution in [3.05, 3.63) is 70.2 Å². The maximum Gasteiger partial charge on any atom is 0.259 e. The predicted octanol–water partition coefficient (Wildman–Crippen LogP) is 4.66. The molecule has 4 aliphatic carbocycles. The van der Waals surface area contributed by atoms with E-state index in [1.54, 1.807) is 36.4 Å². The van der Waals surface area contributed by atoms with Gasteiger partial charge in [0.2, 0.25) is 11.8 Å². The van der Waals surface area contributed by atoms with Gasteiger partial charge in [-0.2, -0.15) is 0 Å². The molecule has 8 heteroatoms. The van der Waals surface area contributed by atoms with E-state index in [0.717, 1.165) is 6.42 Å². The molecule has 6 nitrogen and oxygen atoms in total.